The number of hydrogen-bond acceptors (Lipinski definition) is 5. The van der Waals surface area contributed by atoms with E-state index in [2.05, 4.69) is 5.32 Å². The normalized spacial score (nSPS) is 21.7. The highest BCUT2D eigenvalue weighted by Gasteiger charge is 2.56. The molecule has 5 rings (SSSR count). The quantitative estimate of drug-likeness (QED) is 0.577. The molecular weight excluding hydrogens is 442 g/mol. The number of fused-ring (bicyclic) bond motifs is 3. The number of benzene rings is 1. The molecule has 1 aliphatic heterocycles. The minimum Gasteiger partial charge on any atom is -0.478 e. The van der Waals surface area contributed by atoms with E-state index in [0.717, 1.165) is 5.56 Å². The molecule has 1 saturated carbocycles. The number of carboxylic acids is 1. The molecule has 2 aromatic heterocycles. The lowest BCUT2D eigenvalue weighted by molar-refractivity contribution is -0.0411. The summed E-state index contributed by atoms with van der Waals surface area (Å²) in [6.07, 6.45) is 1.90. The van der Waals surface area contributed by atoms with Crippen LogP contribution in [0.25, 0.3) is 5.65 Å². The van der Waals surface area contributed by atoms with Crippen LogP contribution in [0.5, 0.6) is 0 Å². The number of para-hydroxylation sites is 1. The first-order valence-corrected chi connectivity index (χ1v) is 11.3. The van der Waals surface area contributed by atoms with Gasteiger partial charge >= 0.3 is 5.97 Å². The van der Waals surface area contributed by atoms with Crippen LogP contribution in [0.2, 0.25) is 0 Å². The van der Waals surface area contributed by atoms with Crippen molar-refractivity contribution in [1.29, 1.82) is 0 Å². The van der Waals surface area contributed by atoms with E-state index in [0.29, 0.717) is 34.7 Å². The molecule has 178 valence electrons. The highest BCUT2D eigenvalue weighted by molar-refractivity contribution is 5.94. The Balaban J connectivity index is 1.60. The first kappa shape index (κ1) is 22.3. The molecule has 3 atom stereocenters. The van der Waals surface area contributed by atoms with Gasteiger partial charge in [-0.15, -0.1) is 0 Å². The number of pyridine rings is 1. The van der Waals surface area contributed by atoms with Crippen molar-refractivity contribution < 1.29 is 18.7 Å². The summed E-state index contributed by atoms with van der Waals surface area (Å²) in [5.74, 6) is -3.98. The molecule has 1 aliphatic carbocycles. The summed E-state index contributed by atoms with van der Waals surface area (Å²) in [4.78, 5) is 31.6. The van der Waals surface area contributed by atoms with E-state index in [4.69, 9.17) is 4.98 Å². The number of nitrogens with zero attached hydrogens (tertiary/aromatic N) is 3. The fourth-order valence-corrected chi connectivity index (χ4v) is 5.35. The number of aryl methyl sites for hydroxylation is 1. The number of anilines is 2. The molecule has 7 nitrogen and oxygen atoms in total. The summed E-state index contributed by atoms with van der Waals surface area (Å²) in [5.41, 5.74) is 2.78. The van der Waals surface area contributed by atoms with Gasteiger partial charge in [0.2, 0.25) is 0 Å². The number of aromatic nitrogens is 2. The Morgan fingerprint density at radius 3 is 2.68 bits per heavy atom. The first-order valence-electron chi connectivity index (χ1n) is 11.3. The Bertz CT molecular complexity index is 1370. The number of halogens is 2. The second kappa shape index (κ2) is 7.78. The largest absolute Gasteiger partial charge is 0.478 e. The SMILES string of the molecule is Cc1cc([C@@H](C)Nc2ccccc2C(=O)O)c2nc(N3C[C@H]4C[C@@H]3CC4(F)F)c(C)c(=O)n2c1. The molecule has 1 aromatic carbocycles. The number of aromatic carboxylic acids is 1. The zero-order valence-electron chi connectivity index (χ0n) is 19.2. The maximum absolute atomic E-state index is 14.1. The molecule has 2 N–H and O–H groups in total. The number of piperidine rings is 1. The van der Waals surface area contributed by atoms with Crippen LogP contribution in [0.1, 0.15) is 52.9 Å². The molecule has 0 unspecified atom stereocenters. The molecule has 0 spiro atoms. The van der Waals surface area contributed by atoms with Crippen LogP contribution in [0.3, 0.4) is 0 Å². The third kappa shape index (κ3) is 3.50. The second-order valence-corrected chi connectivity index (χ2v) is 9.45. The summed E-state index contributed by atoms with van der Waals surface area (Å²) in [7, 11) is 0. The summed E-state index contributed by atoms with van der Waals surface area (Å²) in [5, 5.41) is 12.8. The predicted molar refractivity (Wildman–Crippen MR) is 125 cm³/mol. The standard InChI is InChI=1S/C25H26F2N4O3/c1-13-8-19(15(3)28-20-7-5-4-6-18(20)24(33)34)22-29-21(14(2)23(32)31(22)11-13)30-12-16-9-17(30)10-25(16,26)27/h4-8,11,15-17,28H,9-10,12H2,1-3H3,(H,33,34)/t15-,16-,17-/m1/s1. The Kier molecular flexibility index (Phi) is 5.11. The van der Waals surface area contributed by atoms with E-state index in [1.54, 1.807) is 31.3 Å². The summed E-state index contributed by atoms with van der Waals surface area (Å²) in [6.45, 7) is 5.62. The van der Waals surface area contributed by atoms with Gasteiger partial charge in [0.1, 0.15) is 11.5 Å². The average molecular weight is 469 g/mol. The average Bonchev–Trinajstić information content (AvgIpc) is 3.32. The first-order chi connectivity index (χ1) is 16.1. The summed E-state index contributed by atoms with van der Waals surface area (Å²) >= 11 is 0. The monoisotopic (exact) mass is 468 g/mol. The van der Waals surface area contributed by atoms with Crippen LogP contribution in [0.4, 0.5) is 20.3 Å². The van der Waals surface area contributed by atoms with E-state index < -0.39 is 17.8 Å². The molecule has 9 heteroatoms. The van der Waals surface area contributed by atoms with Crippen LogP contribution < -0.4 is 15.8 Å². The Labute approximate surface area is 195 Å². The van der Waals surface area contributed by atoms with Crippen molar-refractivity contribution in [2.75, 3.05) is 16.8 Å². The number of rotatable bonds is 5. The van der Waals surface area contributed by atoms with E-state index >= 15 is 0 Å². The number of carbonyl (C=O) groups is 1. The lowest BCUT2D eigenvalue weighted by Crippen LogP contribution is -2.42. The third-order valence-corrected chi connectivity index (χ3v) is 7.08. The van der Waals surface area contributed by atoms with Gasteiger partial charge in [-0.3, -0.25) is 9.20 Å². The zero-order valence-corrected chi connectivity index (χ0v) is 19.2. The van der Waals surface area contributed by atoms with E-state index in [9.17, 15) is 23.5 Å². The van der Waals surface area contributed by atoms with Crippen LogP contribution in [-0.4, -0.2) is 39.0 Å². The Hall–Kier alpha value is -3.49. The van der Waals surface area contributed by atoms with E-state index in [-0.39, 0.29) is 36.2 Å². The fourth-order valence-electron chi connectivity index (χ4n) is 5.35. The van der Waals surface area contributed by atoms with Crippen molar-refractivity contribution in [3.8, 4) is 0 Å². The minimum atomic E-state index is -2.67. The summed E-state index contributed by atoms with van der Waals surface area (Å²) < 4.78 is 29.7. The van der Waals surface area contributed by atoms with Gasteiger partial charge in [-0.2, -0.15) is 0 Å². The van der Waals surface area contributed by atoms with Crippen molar-refractivity contribution in [1.82, 2.24) is 9.38 Å². The van der Waals surface area contributed by atoms with Crippen molar-refractivity contribution in [2.45, 2.75) is 51.6 Å². The highest BCUT2D eigenvalue weighted by atomic mass is 19.3. The molecule has 3 aromatic rings. The van der Waals surface area contributed by atoms with Gasteiger partial charge < -0.3 is 15.3 Å². The number of nitrogens with one attached hydrogen (secondary N) is 1. The van der Waals surface area contributed by atoms with E-state index in [1.165, 1.54) is 10.5 Å². The predicted octanol–water partition coefficient (Wildman–Crippen LogP) is 4.42. The van der Waals surface area contributed by atoms with Crippen LogP contribution in [0, 0.1) is 19.8 Å². The Morgan fingerprint density at radius 2 is 2.03 bits per heavy atom. The van der Waals surface area contributed by atoms with Gasteiger partial charge in [0.15, 0.2) is 0 Å². The smallest absolute Gasteiger partial charge is 0.337 e. The van der Waals surface area contributed by atoms with Gasteiger partial charge in [-0.25, -0.2) is 18.6 Å². The second-order valence-electron chi connectivity index (χ2n) is 9.45. The lowest BCUT2D eigenvalue weighted by Gasteiger charge is -2.33. The van der Waals surface area contributed by atoms with Gasteiger partial charge in [-0.05, 0) is 51.0 Å². The maximum atomic E-state index is 14.1. The molecule has 2 aliphatic rings. The van der Waals surface area contributed by atoms with Crippen molar-refractivity contribution in [3.05, 3.63) is 69.1 Å². The van der Waals surface area contributed by atoms with Gasteiger partial charge in [0.05, 0.1) is 17.2 Å². The van der Waals surface area contributed by atoms with Crippen molar-refractivity contribution >= 4 is 23.1 Å². The molecule has 3 heterocycles. The maximum Gasteiger partial charge on any atom is 0.337 e. The Morgan fingerprint density at radius 1 is 1.29 bits per heavy atom. The summed E-state index contributed by atoms with van der Waals surface area (Å²) in [6, 6.07) is 7.81. The fraction of sp³-hybridized carbons (Fsp3) is 0.400. The molecule has 1 saturated heterocycles. The number of carboxylic acid groups (broad SMARTS) is 1. The van der Waals surface area contributed by atoms with Gasteiger partial charge in [0, 0.05) is 42.4 Å². The van der Waals surface area contributed by atoms with Gasteiger partial charge in [0.25, 0.3) is 11.5 Å². The lowest BCUT2D eigenvalue weighted by atomic mass is 10.0. The van der Waals surface area contributed by atoms with Crippen molar-refractivity contribution in [3.63, 3.8) is 0 Å². The molecule has 0 radical (unpaired) electrons. The van der Waals surface area contributed by atoms with Crippen molar-refractivity contribution in [2.24, 2.45) is 5.92 Å². The molecule has 0 amide bonds. The third-order valence-electron chi connectivity index (χ3n) is 7.08. The molecule has 34 heavy (non-hydrogen) atoms. The van der Waals surface area contributed by atoms with Gasteiger partial charge in [-0.1, -0.05) is 12.1 Å². The van der Waals surface area contributed by atoms with Crippen LogP contribution in [-0.2, 0) is 0 Å². The topological polar surface area (TPSA) is 86.9 Å². The van der Waals surface area contributed by atoms with E-state index in [1.807, 2.05) is 24.8 Å². The molecular formula is C25H26F2N4O3. The minimum absolute atomic E-state index is 0.141. The number of hydrogen-bond donors (Lipinski definition) is 2. The highest BCUT2D eigenvalue weighted by Crippen LogP contribution is 2.49. The van der Waals surface area contributed by atoms with Crippen LogP contribution >= 0.6 is 0 Å². The number of alkyl halides is 2. The molecule has 2 fully saturated rings. The van der Waals surface area contributed by atoms with Crippen LogP contribution in [0.15, 0.2) is 41.3 Å². The molecule has 2 bridgehead atoms. The zero-order chi connectivity index (χ0) is 24.4.